The Morgan fingerprint density at radius 3 is 2.00 bits per heavy atom. The maximum Gasteiger partial charge on any atom is 0.338 e. The van der Waals surface area contributed by atoms with E-state index in [0.717, 1.165) is 16.0 Å². The molecule has 5 heteroatoms. The number of hydrogen-bond acceptors (Lipinski definition) is 5. The third-order valence-corrected chi connectivity index (χ3v) is 6.46. The van der Waals surface area contributed by atoms with Gasteiger partial charge in [0.2, 0.25) is 0 Å². The largest absolute Gasteiger partial charge is 0.422 e. The summed E-state index contributed by atoms with van der Waals surface area (Å²) in [4.78, 5) is 26.2. The maximum absolute atomic E-state index is 12.6. The number of carbonyl (C=O) groups is 2. The second kappa shape index (κ2) is 9.51. The number of thioether (sulfide) groups is 1. The van der Waals surface area contributed by atoms with Crippen LogP contribution in [0.1, 0.15) is 30.2 Å². The Kier molecular flexibility index (Phi) is 6.52. The monoisotopic (exact) mass is 456 g/mol. The second-order valence-corrected chi connectivity index (χ2v) is 9.13. The van der Waals surface area contributed by atoms with Crippen LogP contribution in [0.4, 0.5) is 0 Å². The first-order chi connectivity index (χ1) is 15.9. The summed E-state index contributed by atoms with van der Waals surface area (Å²) in [5, 5.41) is 1.26. The first-order valence-electron chi connectivity index (χ1n) is 10.6. The number of allylic oxidation sites excluding steroid dienone is 1. The van der Waals surface area contributed by atoms with Crippen molar-refractivity contribution < 1.29 is 19.1 Å². The van der Waals surface area contributed by atoms with Gasteiger partial charge in [0.25, 0.3) is 0 Å². The minimum atomic E-state index is -0.493. The van der Waals surface area contributed by atoms with E-state index in [1.165, 1.54) is 0 Å². The van der Waals surface area contributed by atoms with Crippen molar-refractivity contribution in [3.63, 3.8) is 0 Å². The molecule has 0 amide bonds. The molecule has 0 spiro atoms. The van der Waals surface area contributed by atoms with Crippen LogP contribution in [0.3, 0.4) is 0 Å². The predicted molar refractivity (Wildman–Crippen MR) is 133 cm³/mol. The first-order valence-corrected chi connectivity index (χ1v) is 11.5. The molecule has 0 N–H and O–H groups in total. The molecule has 0 bridgehead atoms. The van der Waals surface area contributed by atoms with Crippen molar-refractivity contribution in [3.8, 4) is 11.5 Å². The van der Waals surface area contributed by atoms with Gasteiger partial charge in [0.05, 0.1) is 5.25 Å². The molecule has 166 valence electrons. The van der Waals surface area contributed by atoms with Crippen molar-refractivity contribution in [1.29, 1.82) is 0 Å². The maximum atomic E-state index is 12.6. The molecule has 1 aliphatic rings. The van der Waals surface area contributed by atoms with Gasteiger partial charge in [-0.05, 0) is 32.4 Å². The zero-order valence-electron chi connectivity index (χ0n) is 18.6. The molecule has 0 aromatic heterocycles. The molecule has 0 heterocycles. The van der Waals surface area contributed by atoms with Crippen LogP contribution in [0, 0.1) is 0 Å². The van der Waals surface area contributed by atoms with Crippen LogP contribution < -0.4 is 9.47 Å². The van der Waals surface area contributed by atoms with E-state index < -0.39 is 11.9 Å². The zero-order valence-corrected chi connectivity index (χ0v) is 19.4. The van der Waals surface area contributed by atoms with Crippen LogP contribution in [-0.2, 0) is 16.0 Å². The van der Waals surface area contributed by atoms with Gasteiger partial charge in [0, 0.05) is 37.9 Å². The summed E-state index contributed by atoms with van der Waals surface area (Å²) in [5.41, 5.74) is 2.27. The van der Waals surface area contributed by atoms with Gasteiger partial charge in [-0.3, -0.25) is 0 Å². The molecule has 33 heavy (non-hydrogen) atoms. The number of carbonyl (C=O) groups excluding carboxylic acids is 2. The van der Waals surface area contributed by atoms with Gasteiger partial charge in [-0.1, -0.05) is 67.8 Å². The van der Waals surface area contributed by atoms with Crippen molar-refractivity contribution in [2.45, 2.75) is 30.4 Å². The standard InChI is InChI=1S/C28H24O4S/c1-17(2)27(29)31-25-20-13-8-9-14-21(20)26(32-28(30)18(3)4)24-22(25)15-10-16-23(24)33-19-11-6-5-7-12-19/h5-14,16,23H,1,3,15H2,2,4H3. The normalized spacial score (nSPS) is 14.4. The number of rotatable bonds is 6. The highest BCUT2D eigenvalue weighted by Gasteiger charge is 2.30. The summed E-state index contributed by atoms with van der Waals surface area (Å²) >= 11 is 1.64. The summed E-state index contributed by atoms with van der Waals surface area (Å²) in [6.45, 7) is 10.7. The SMILES string of the molecule is C=C(C)C(=O)Oc1c2c(c(OC(=O)C(=C)C)c3ccccc13)C(Sc1ccccc1)C=CC2. The lowest BCUT2D eigenvalue weighted by molar-refractivity contribution is -0.131. The van der Waals surface area contributed by atoms with Crippen molar-refractivity contribution in [2.24, 2.45) is 0 Å². The van der Waals surface area contributed by atoms with E-state index in [1.807, 2.05) is 54.6 Å². The second-order valence-electron chi connectivity index (χ2n) is 7.92. The Labute approximate surface area is 197 Å². The Morgan fingerprint density at radius 1 is 0.848 bits per heavy atom. The van der Waals surface area contributed by atoms with Gasteiger partial charge in [-0.2, -0.15) is 0 Å². The molecule has 1 unspecified atom stereocenters. The molecule has 0 fully saturated rings. The fraction of sp³-hybridized carbons (Fsp3) is 0.143. The van der Waals surface area contributed by atoms with Gasteiger partial charge in [-0.25, -0.2) is 9.59 Å². The van der Waals surface area contributed by atoms with Crippen LogP contribution in [0.5, 0.6) is 11.5 Å². The Hall–Kier alpha value is -3.57. The van der Waals surface area contributed by atoms with E-state index in [4.69, 9.17) is 9.47 Å². The zero-order chi connectivity index (χ0) is 23.5. The Bertz CT molecular complexity index is 1300. The molecular formula is C28H24O4S. The van der Waals surface area contributed by atoms with Crippen LogP contribution in [0.15, 0.2) is 95.9 Å². The topological polar surface area (TPSA) is 52.6 Å². The quantitative estimate of drug-likeness (QED) is 0.178. The molecule has 1 aliphatic carbocycles. The minimum Gasteiger partial charge on any atom is -0.422 e. The molecule has 3 aromatic rings. The van der Waals surface area contributed by atoms with Crippen LogP contribution in [-0.4, -0.2) is 11.9 Å². The Morgan fingerprint density at radius 2 is 1.39 bits per heavy atom. The van der Waals surface area contributed by atoms with Crippen LogP contribution >= 0.6 is 11.8 Å². The van der Waals surface area contributed by atoms with E-state index in [9.17, 15) is 9.59 Å². The molecule has 0 aliphatic heterocycles. The molecular weight excluding hydrogens is 432 g/mol. The summed E-state index contributed by atoms with van der Waals surface area (Å²) in [6, 6.07) is 17.5. The van der Waals surface area contributed by atoms with Gasteiger partial charge in [0.15, 0.2) is 0 Å². The summed E-state index contributed by atoms with van der Waals surface area (Å²) < 4.78 is 11.8. The van der Waals surface area contributed by atoms with Gasteiger partial charge in [0.1, 0.15) is 11.5 Å². The van der Waals surface area contributed by atoms with E-state index in [2.05, 4.69) is 25.3 Å². The molecule has 3 aromatic carbocycles. The van der Waals surface area contributed by atoms with Gasteiger partial charge >= 0.3 is 11.9 Å². The number of hydrogen-bond donors (Lipinski definition) is 0. The fourth-order valence-electron chi connectivity index (χ4n) is 3.69. The average Bonchev–Trinajstić information content (AvgIpc) is 2.81. The van der Waals surface area contributed by atoms with Gasteiger partial charge in [-0.15, -0.1) is 11.8 Å². The molecule has 4 rings (SSSR count). The summed E-state index contributed by atoms with van der Waals surface area (Å²) in [7, 11) is 0. The minimum absolute atomic E-state index is 0.143. The fourth-order valence-corrected chi connectivity index (χ4v) is 4.85. The lowest BCUT2D eigenvalue weighted by atomic mass is 9.90. The van der Waals surface area contributed by atoms with Crippen molar-refractivity contribution in [1.82, 2.24) is 0 Å². The van der Waals surface area contributed by atoms with E-state index in [-0.39, 0.29) is 5.25 Å². The summed E-state index contributed by atoms with van der Waals surface area (Å²) in [5.74, 6) is -0.0314. The first kappa shape index (κ1) is 22.6. The number of fused-ring (bicyclic) bond motifs is 2. The molecule has 1 atom stereocenters. The summed E-state index contributed by atoms with van der Waals surface area (Å²) in [6.07, 6.45) is 4.69. The number of ether oxygens (including phenoxy) is 2. The molecule has 0 saturated heterocycles. The number of benzene rings is 3. The van der Waals surface area contributed by atoms with Gasteiger partial charge < -0.3 is 9.47 Å². The molecule has 0 saturated carbocycles. The van der Waals surface area contributed by atoms with E-state index in [1.54, 1.807) is 25.6 Å². The van der Waals surface area contributed by atoms with E-state index in [0.29, 0.717) is 39.8 Å². The third kappa shape index (κ3) is 4.64. The lowest BCUT2D eigenvalue weighted by Crippen LogP contribution is -2.16. The van der Waals surface area contributed by atoms with Crippen LogP contribution in [0.2, 0.25) is 0 Å². The average molecular weight is 457 g/mol. The van der Waals surface area contributed by atoms with Crippen molar-refractivity contribution in [2.75, 3.05) is 0 Å². The van der Waals surface area contributed by atoms with Crippen LogP contribution in [0.25, 0.3) is 10.8 Å². The van der Waals surface area contributed by atoms with Crippen molar-refractivity contribution in [3.05, 3.63) is 102 Å². The molecule has 4 nitrogen and oxygen atoms in total. The highest BCUT2D eigenvalue weighted by Crippen LogP contribution is 2.51. The number of esters is 2. The highest BCUT2D eigenvalue weighted by molar-refractivity contribution is 7.99. The van der Waals surface area contributed by atoms with E-state index >= 15 is 0 Å². The molecule has 0 radical (unpaired) electrons. The predicted octanol–water partition coefficient (Wildman–Crippen LogP) is 6.75. The highest BCUT2D eigenvalue weighted by atomic mass is 32.2. The Balaban J connectivity index is 1.97. The lowest BCUT2D eigenvalue weighted by Gasteiger charge is -2.27. The smallest absolute Gasteiger partial charge is 0.338 e. The third-order valence-electron chi connectivity index (χ3n) is 5.27. The van der Waals surface area contributed by atoms with Crippen molar-refractivity contribution >= 4 is 34.5 Å².